The minimum absolute atomic E-state index is 0.00322. The van der Waals surface area contributed by atoms with E-state index in [9.17, 15) is 17.6 Å². The summed E-state index contributed by atoms with van der Waals surface area (Å²) in [6.45, 7) is -0.582. The van der Waals surface area contributed by atoms with Gasteiger partial charge in [-0.3, -0.25) is 9.10 Å². The molecular weight excluding hydrogens is 423 g/mol. The number of hydrogen-bond donors (Lipinski definition) is 1. The van der Waals surface area contributed by atoms with Gasteiger partial charge in [0.15, 0.2) is 11.5 Å². The van der Waals surface area contributed by atoms with Crippen LogP contribution in [0, 0.1) is 5.82 Å². The maximum absolute atomic E-state index is 13.9. The highest BCUT2D eigenvalue weighted by Crippen LogP contribution is 2.33. The van der Waals surface area contributed by atoms with Crippen molar-refractivity contribution in [1.82, 2.24) is 0 Å². The molecule has 0 heterocycles. The number of nitrogens with zero attached hydrogens (tertiary/aromatic N) is 1. The number of sulfonamides is 1. The lowest BCUT2D eigenvalue weighted by molar-refractivity contribution is -0.114. The summed E-state index contributed by atoms with van der Waals surface area (Å²) in [5.41, 5.74) is 0.141. The molecule has 0 aliphatic heterocycles. The lowest BCUT2D eigenvalue weighted by Crippen LogP contribution is -2.38. The summed E-state index contributed by atoms with van der Waals surface area (Å²) in [5.74, 6) is -0.638. The molecule has 1 amide bonds. The molecule has 0 aliphatic rings. The SMILES string of the molecule is COc1ccc(N(CC(=O)Nc2ccccc2F)S(=O)(=O)c2ccccc2)cc1OC. The Labute approximate surface area is 180 Å². The van der Waals surface area contributed by atoms with Crippen molar-refractivity contribution in [3.63, 3.8) is 0 Å². The van der Waals surface area contributed by atoms with Crippen LogP contribution in [0.1, 0.15) is 0 Å². The molecule has 0 bridgehead atoms. The van der Waals surface area contributed by atoms with Crippen LogP contribution in [0.5, 0.6) is 11.5 Å². The molecule has 0 fully saturated rings. The second kappa shape index (κ2) is 9.48. The number of para-hydroxylation sites is 1. The molecule has 0 aliphatic carbocycles. The number of halogens is 1. The van der Waals surface area contributed by atoms with Crippen molar-refractivity contribution >= 4 is 27.3 Å². The van der Waals surface area contributed by atoms with Crippen molar-refractivity contribution < 1.29 is 27.1 Å². The zero-order chi connectivity index (χ0) is 22.4. The summed E-state index contributed by atoms with van der Waals surface area (Å²) in [6, 6.07) is 17.8. The van der Waals surface area contributed by atoms with E-state index >= 15 is 0 Å². The molecule has 3 aromatic carbocycles. The monoisotopic (exact) mass is 444 g/mol. The van der Waals surface area contributed by atoms with Gasteiger partial charge in [0.1, 0.15) is 12.4 Å². The van der Waals surface area contributed by atoms with Crippen LogP contribution in [0.2, 0.25) is 0 Å². The Morgan fingerprint density at radius 2 is 1.58 bits per heavy atom. The first-order valence-corrected chi connectivity index (χ1v) is 10.6. The van der Waals surface area contributed by atoms with Gasteiger partial charge in [0.2, 0.25) is 5.91 Å². The Balaban J connectivity index is 2.01. The molecule has 0 saturated carbocycles. The number of carbonyl (C=O) groups is 1. The van der Waals surface area contributed by atoms with Crippen LogP contribution in [0.25, 0.3) is 0 Å². The van der Waals surface area contributed by atoms with Crippen LogP contribution < -0.4 is 19.1 Å². The zero-order valence-corrected chi connectivity index (χ0v) is 17.7. The van der Waals surface area contributed by atoms with Gasteiger partial charge in [-0.25, -0.2) is 12.8 Å². The van der Waals surface area contributed by atoms with Crippen molar-refractivity contribution in [3.8, 4) is 11.5 Å². The lowest BCUT2D eigenvalue weighted by atomic mass is 10.2. The highest BCUT2D eigenvalue weighted by atomic mass is 32.2. The van der Waals surface area contributed by atoms with E-state index < -0.39 is 28.3 Å². The zero-order valence-electron chi connectivity index (χ0n) is 16.9. The third-order valence-corrected chi connectivity index (χ3v) is 6.21. The van der Waals surface area contributed by atoms with Crippen LogP contribution in [0.15, 0.2) is 77.7 Å². The highest BCUT2D eigenvalue weighted by Gasteiger charge is 2.28. The number of anilines is 2. The van der Waals surface area contributed by atoms with E-state index in [0.717, 1.165) is 4.31 Å². The second-order valence-corrected chi connectivity index (χ2v) is 8.25. The van der Waals surface area contributed by atoms with Crippen molar-refractivity contribution in [3.05, 3.63) is 78.6 Å². The molecule has 162 valence electrons. The van der Waals surface area contributed by atoms with Crippen LogP contribution in [-0.4, -0.2) is 35.1 Å². The molecule has 31 heavy (non-hydrogen) atoms. The summed E-state index contributed by atoms with van der Waals surface area (Å²) in [5, 5.41) is 2.41. The first-order valence-electron chi connectivity index (χ1n) is 9.21. The predicted octanol–water partition coefficient (Wildman–Crippen LogP) is 3.68. The lowest BCUT2D eigenvalue weighted by Gasteiger charge is -2.25. The van der Waals surface area contributed by atoms with Crippen LogP contribution in [0.3, 0.4) is 0 Å². The van der Waals surface area contributed by atoms with Crippen LogP contribution >= 0.6 is 0 Å². The molecule has 7 nitrogen and oxygen atoms in total. The van der Waals surface area contributed by atoms with Crippen LogP contribution in [-0.2, 0) is 14.8 Å². The van der Waals surface area contributed by atoms with Gasteiger partial charge >= 0.3 is 0 Å². The number of rotatable bonds is 8. The quantitative estimate of drug-likeness (QED) is 0.573. The third-order valence-electron chi connectivity index (χ3n) is 4.42. The predicted molar refractivity (Wildman–Crippen MR) is 116 cm³/mol. The van der Waals surface area contributed by atoms with Crippen molar-refractivity contribution in [2.75, 3.05) is 30.4 Å². The van der Waals surface area contributed by atoms with Crippen LogP contribution in [0.4, 0.5) is 15.8 Å². The molecule has 0 unspecified atom stereocenters. The van der Waals surface area contributed by atoms with Gasteiger partial charge < -0.3 is 14.8 Å². The number of carbonyl (C=O) groups excluding carboxylic acids is 1. The smallest absolute Gasteiger partial charge is 0.264 e. The van der Waals surface area contributed by atoms with E-state index in [1.54, 1.807) is 24.3 Å². The summed E-state index contributed by atoms with van der Waals surface area (Å²) >= 11 is 0. The first-order chi connectivity index (χ1) is 14.9. The summed E-state index contributed by atoms with van der Waals surface area (Å²) in [4.78, 5) is 12.7. The average Bonchev–Trinajstić information content (AvgIpc) is 2.79. The number of benzene rings is 3. The average molecular weight is 444 g/mol. The Morgan fingerprint density at radius 1 is 0.935 bits per heavy atom. The largest absolute Gasteiger partial charge is 0.493 e. The molecule has 0 spiro atoms. The third kappa shape index (κ3) is 4.95. The number of ether oxygens (including phenoxy) is 2. The second-order valence-electron chi connectivity index (χ2n) is 6.39. The van der Waals surface area contributed by atoms with E-state index in [1.165, 1.54) is 62.8 Å². The van der Waals surface area contributed by atoms with Crippen molar-refractivity contribution in [2.45, 2.75) is 4.90 Å². The molecule has 1 N–H and O–H groups in total. The maximum Gasteiger partial charge on any atom is 0.264 e. The van der Waals surface area contributed by atoms with Crippen molar-refractivity contribution in [2.24, 2.45) is 0 Å². The van der Waals surface area contributed by atoms with Crippen molar-refractivity contribution in [1.29, 1.82) is 0 Å². The maximum atomic E-state index is 13.9. The van der Waals surface area contributed by atoms with Gasteiger partial charge in [-0.1, -0.05) is 30.3 Å². The van der Waals surface area contributed by atoms with Gasteiger partial charge in [-0.2, -0.15) is 0 Å². The molecule has 0 saturated heterocycles. The Kier molecular flexibility index (Phi) is 6.76. The Morgan fingerprint density at radius 3 is 2.23 bits per heavy atom. The molecule has 3 rings (SSSR count). The molecule has 3 aromatic rings. The van der Waals surface area contributed by atoms with Gasteiger partial charge in [0.05, 0.1) is 30.5 Å². The molecule has 0 radical (unpaired) electrons. The standard InChI is InChI=1S/C22H21FN2O5S/c1-29-20-13-12-16(14-21(20)30-2)25(31(27,28)17-8-4-3-5-9-17)15-22(26)24-19-11-7-6-10-18(19)23/h3-14H,15H2,1-2H3,(H,24,26). The number of hydrogen-bond acceptors (Lipinski definition) is 5. The van der Waals surface area contributed by atoms with Gasteiger partial charge in [0, 0.05) is 6.07 Å². The van der Waals surface area contributed by atoms with Gasteiger partial charge in [-0.05, 0) is 36.4 Å². The van der Waals surface area contributed by atoms with E-state index in [-0.39, 0.29) is 16.3 Å². The van der Waals surface area contributed by atoms with E-state index in [0.29, 0.717) is 11.5 Å². The summed E-state index contributed by atoms with van der Waals surface area (Å²) in [7, 11) is -1.24. The fourth-order valence-corrected chi connectivity index (χ4v) is 4.33. The minimum atomic E-state index is -4.11. The van der Waals surface area contributed by atoms with E-state index in [1.807, 2.05) is 0 Å². The highest BCUT2D eigenvalue weighted by molar-refractivity contribution is 7.92. The Bertz CT molecular complexity index is 1170. The number of methoxy groups -OCH3 is 2. The molecule has 9 heteroatoms. The topological polar surface area (TPSA) is 84.9 Å². The minimum Gasteiger partial charge on any atom is -0.493 e. The normalized spacial score (nSPS) is 10.9. The van der Waals surface area contributed by atoms with Gasteiger partial charge in [0.25, 0.3) is 10.0 Å². The number of nitrogens with one attached hydrogen (secondary N) is 1. The summed E-state index contributed by atoms with van der Waals surface area (Å²) in [6.07, 6.45) is 0. The summed E-state index contributed by atoms with van der Waals surface area (Å²) < 4.78 is 52.0. The molecule has 0 aromatic heterocycles. The van der Waals surface area contributed by atoms with E-state index in [2.05, 4.69) is 5.32 Å². The fraction of sp³-hybridized carbons (Fsp3) is 0.136. The Hall–Kier alpha value is -3.59. The number of amides is 1. The van der Waals surface area contributed by atoms with Gasteiger partial charge in [-0.15, -0.1) is 0 Å². The van der Waals surface area contributed by atoms with E-state index in [4.69, 9.17) is 9.47 Å². The molecule has 0 atom stereocenters. The molecular formula is C22H21FN2O5S. The first kappa shape index (κ1) is 22.1. The fourth-order valence-electron chi connectivity index (χ4n) is 2.90.